The Kier molecular flexibility index (Phi) is 1.65. The first-order chi connectivity index (χ1) is 6.09. The largest absolute Gasteiger partial charge is 0.325 e. The standard InChI is InChI=1S/C11H13NO/c1-6-4-7(2)10-8(3)11(13)12-9(10)5-6/h4-5,8H,1-3H3,(H,12,13). The lowest BCUT2D eigenvalue weighted by Gasteiger charge is -2.06. The fourth-order valence-electron chi connectivity index (χ4n) is 2.03. The highest BCUT2D eigenvalue weighted by molar-refractivity contribution is 6.03. The number of benzene rings is 1. The zero-order valence-corrected chi connectivity index (χ0v) is 8.14. The lowest BCUT2D eigenvalue weighted by atomic mass is 9.96. The number of rotatable bonds is 0. The summed E-state index contributed by atoms with van der Waals surface area (Å²) in [6.07, 6.45) is 0. The number of hydrogen-bond acceptors (Lipinski definition) is 1. The van der Waals surface area contributed by atoms with E-state index < -0.39 is 0 Å². The fraction of sp³-hybridized carbons (Fsp3) is 0.364. The molecule has 0 saturated carbocycles. The maximum atomic E-state index is 11.4. The van der Waals surface area contributed by atoms with E-state index >= 15 is 0 Å². The summed E-state index contributed by atoms with van der Waals surface area (Å²) in [5.41, 5.74) is 4.57. The molecule has 68 valence electrons. The van der Waals surface area contributed by atoms with Crippen LogP contribution in [0.5, 0.6) is 0 Å². The second kappa shape index (κ2) is 2.59. The van der Waals surface area contributed by atoms with Gasteiger partial charge in [-0.05, 0) is 43.5 Å². The summed E-state index contributed by atoms with van der Waals surface area (Å²) in [7, 11) is 0. The molecule has 0 spiro atoms. The van der Waals surface area contributed by atoms with Gasteiger partial charge in [0.1, 0.15) is 0 Å². The van der Waals surface area contributed by atoms with Gasteiger partial charge in [-0.2, -0.15) is 0 Å². The minimum atomic E-state index is 0.00981. The second-order valence-electron chi connectivity index (χ2n) is 3.75. The molecule has 1 aliphatic heterocycles. The SMILES string of the molecule is Cc1cc(C)c2c(c1)NC(=O)C2C. The first kappa shape index (κ1) is 8.30. The topological polar surface area (TPSA) is 29.1 Å². The van der Waals surface area contributed by atoms with Crippen LogP contribution in [0.2, 0.25) is 0 Å². The van der Waals surface area contributed by atoms with E-state index in [1.807, 2.05) is 19.9 Å². The van der Waals surface area contributed by atoms with E-state index in [1.54, 1.807) is 0 Å². The van der Waals surface area contributed by atoms with Crippen LogP contribution in [-0.2, 0) is 4.79 Å². The van der Waals surface area contributed by atoms with Crippen molar-refractivity contribution in [1.29, 1.82) is 0 Å². The smallest absolute Gasteiger partial charge is 0.231 e. The van der Waals surface area contributed by atoms with Crippen LogP contribution in [0.15, 0.2) is 12.1 Å². The van der Waals surface area contributed by atoms with Crippen molar-refractivity contribution in [3.8, 4) is 0 Å². The first-order valence-corrected chi connectivity index (χ1v) is 4.51. The molecule has 0 aromatic heterocycles. The number of fused-ring (bicyclic) bond motifs is 1. The Bertz CT molecular complexity index is 382. The van der Waals surface area contributed by atoms with Crippen molar-refractivity contribution in [2.45, 2.75) is 26.7 Å². The van der Waals surface area contributed by atoms with Crippen LogP contribution in [-0.4, -0.2) is 5.91 Å². The fourth-order valence-corrected chi connectivity index (χ4v) is 2.03. The Balaban J connectivity index is 2.64. The molecule has 0 aliphatic carbocycles. The third-order valence-electron chi connectivity index (χ3n) is 2.62. The molecule has 2 nitrogen and oxygen atoms in total. The molecule has 1 aromatic carbocycles. The molecule has 0 bridgehead atoms. The highest BCUT2D eigenvalue weighted by Gasteiger charge is 2.27. The summed E-state index contributed by atoms with van der Waals surface area (Å²) in [5.74, 6) is 0.124. The summed E-state index contributed by atoms with van der Waals surface area (Å²) in [4.78, 5) is 11.4. The Morgan fingerprint density at radius 2 is 2.00 bits per heavy atom. The number of anilines is 1. The Morgan fingerprint density at radius 1 is 1.31 bits per heavy atom. The summed E-state index contributed by atoms with van der Waals surface area (Å²) in [5, 5.41) is 2.89. The van der Waals surface area contributed by atoms with Gasteiger partial charge >= 0.3 is 0 Å². The summed E-state index contributed by atoms with van der Waals surface area (Å²) in [6, 6.07) is 4.15. The number of carbonyl (C=O) groups excluding carboxylic acids is 1. The molecule has 0 fully saturated rings. The third kappa shape index (κ3) is 1.13. The molecule has 1 atom stereocenters. The summed E-state index contributed by atoms with van der Waals surface area (Å²) in [6.45, 7) is 6.05. The van der Waals surface area contributed by atoms with Crippen LogP contribution in [0.1, 0.15) is 29.5 Å². The number of carbonyl (C=O) groups is 1. The summed E-state index contributed by atoms with van der Waals surface area (Å²) < 4.78 is 0. The molecule has 0 saturated heterocycles. The van der Waals surface area contributed by atoms with Crippen molar-refractivity contribution in [1.82, 2.24) is 0 Å². The molecular weight excluding hydrogens is 162 g/mol. The minimum Gasteiger partial charge on any atom is -0.325 e. The third-order valence-corrected chi connectivity index (χ3v) is 2.62. The van der Waals surface area contributed by atoms with Crippen LogP contribution >= 0.6 is 0 Å². The molecule has 2 rings (SSSR count). The van der Waals surface area contributed by atoms with Gasteiger partial charge in [0.05, 0.1) is 5.92 Å². The normalized spacial score (nSPS) is 19.9. The minimum absolute atomic E-state index is 0.00981. The van der Waals surface area contributed by atoms with Gasteiger partial charge in [0.15, 0.2) is 0 Å². The number of amides is 1. The predicted molar refractivity (Wildman–Crippen MR) is 53.0 cm³/mol. The van der Waals surface area contributed by atoms with E-state index in [-0.39, 0.29) is 11.8 Å². The first-order valence-electron chi connectivity index (χ1n) is 4.51. The molecular formula is C11H13NO. The zero-order chi connectivity index (χ0) is 9.59. The van der Waals surface area contributed by atoms with Gasteiger partial charge in [0, 0.05) is 5.69 Å². The van der Waals surface area contributed by atoms with E-state index in [9.17, 15) is 4.79 Å². The number of aryl methyl sites for hydroxylation is 2. The Hall–Kier alpha value is -1.31. The molecule has 1 N–H and O–H groups in total. The van der Waals surface area contributed by atoms with Crippen molar-refractivity contribution < 1.29 is 4.79 Å². The number of hydrogen-bond donors (Lipinski definition) is 1. The molecule has 1 amide bonds. The molecule has 1 aromatic rings. The van der Waals surface area contributed by atoms with E-state index in [1.165, 1.54) is 11.1 Å². The van der Waals surface area contributed by atoms with Crippen LogP contribution in [0.4, 0.5) is 5.69 Å². The lowest BCUT2D eigenvalue weighted by molar-refractivity contribution is -0.116. The zero-order valence-electron chi connectivity index (χ0n) is 8.14. The quantitative estimate of drug-likeness (QED) is 0.644. The van der Waals surface area contributed by atoms with Crippen LogP contribution < -0.4 is 5.32 Å². The number of nitrogens with one attached hydrogen (secondary N) is 1. The molecule has 0 radical (unpaired) electrons. The Labute approximate surface area is 78.0 Å². The van der Waals surface area contributed by atoms with Gasteiger partial charge in [0.2, 0.25) is 5.91 Å². The highest BCUT2D eigenvalue weighted by Crippen LogP contribution is 2.35. The average molecular weight is 175 g/mol. The molecule has 1 unspecified atom stereocenters. The van der Waals surface area contributed by atoms with Crippen molar-refractivity contribution in [2.24, 2.45) is 0 Å². The van der Waals surface area contributed by atoms with Gasteiger partial charge in [0.25, 0.3) is 0 Å². The van der Waals surface area contributed by atoms with E-state index in [4.69, 9.17) is 0 Å². The maximum Gasteiger partial charge on any atom is 0.231 e. The van der Waals surface area contributed by atoms with Crippen molar-refractivity contribution in [3.63, 3.8) is 0 Å². The van der Waals surface area contributed by atoms with Crippen LogP contribution in [0.3, 0.4) is 0 Å². The highest BCUT2D eigenvalue weighted by atomic mass is 16.2. The van der Waals surface area contributed by atoms with Gasteiger partial charge < -0.3 is 5.32 Å². The van der Waals surface area contributed by atoms with Crippen molar-refractivity contribution in [3.05, 3.63) is 28.8 Å². The monoisotopic (exact) mass is 175 g/mol. The van der Waals surface area contributed by atoms with E-state index in [2.05, 4.69) is 18.3 Å². The summed E-state index contributed by atoms with van der Waals surface area (Å²) >= 11 is 0. The van der Waals surface area contributed by atoms with Crippen LogP contribution in [0, 0.1) is 13.8 Å². The molecule has 2 heteroatoms. The van der Waals surface area contributed by atoms with Crippen molar-refractivity contribution in [2.75, 3.05) is 5.32 Å². The average Bonchev–Trinajstić information content (AvgIpc) is 2.27. The van der Waals surface area contributed by atoms with Gasteiger partial charge in [-0.25, -0.2) is 0 Å². The van der Waals surface area contributed by atoms with E-state index in [0.717, 1.165) is 11.3 Å². The Morgan fingerprint density at radius 3 is 2.69 bits per heavy atom. The van der Waals surface area contributed by atoms with E-state index in [0.29, 0.717) is 0 Å². The van der Waals surface area contributed by atoms with Gasteiger partial charge in [-0.3, -0.25) is 4.79 Å². The van der Waals surface area contributed by atoms with Gasteiger partial charge in [-0.1, -0.05) is 6.07 Å². The molecule has 13 heavy (non-hydrogen) atoms. The predicted octanol–water partition coefficient (Wildman–Crippen LogP) is 2.36. The van der Waals surface area contributed by atoms with Crippen molar-refractivity contribution >= 4 is 11.6 Å². The molecule has 1 aliphatic rings. The van der Waals surface area contributed by atoms with Gasteiger partial charge in [-0.15, -0.1) is 0 Å². The van der Waals surface area contributed by atoms with Crippen LogP contribution in [0.25, 0.3) is 0 Å². The second-order valence-corrected chi connectivity index (χ2v) is 3.75. The lowest BCUT2D eigenvalue weighted by Crippen LogP contribution is -2.08. The molecule has 1 heterocycles. The maximum absolute atomic E-state index is 11.4.